The van der Waals surface area contributed by atoms with E-state index >= 15 is 0 Å². The Bertz CT molecular complexity index is 224. The SMILES string of the molecule is CN(C)C(=O)OC(=O)N1CCNCC1. The fraction of sp³-hybridized carbons (Fsp3) is 0.750. The smallest absolute Gasteiger partial charge is 0.359 e. The standard InChI is InChI=1S/C8H15N3O3/c1-10(2)7(12)14-8(13)11-5-3-9-4-6-11/h9H,3-6H2,1-2H3. The first-order valence-electron chi connectivity index (χ1n) is 4.50. The van der Waals surface area contributed by atoms with Crippen LogP contribution < -0.4 is 5.32 Å². The van der Waals surface area contributed by atoms with Crippen LogP contribution in [0.15, 0.2) is 0 Å². The highest BCUT2D eigenvalue weighted by atomic mass is 16.6. The third-order valence-electron chi connectivity index (χ3n) is 1.91. The quantitative estimate of drug-likeness (QED) is 0.547. The molecule has 6 heteroatoms. The minimum Gasteiger partial charge on any atom is -0.359 e. The van der Waals surface area contributed by atoms with Crippen LogP contribution in [0.5, 0.6) is 0 Å². The van der Waals surface area contributed by atoms with Gasteiger partial charge in [0, 0.05) is 40.3 Å². The largest absolute Gasteiger partial charge is 0.418 e. The highest BCUT2D eigenvalue weighted by molar-refractivity contribution is 5.83. The maximum Gasteiger partial charge on any atom is 0.418 e. The zero-order chi connectivity index (χ0) is 10.6. The molecular weight excluding hydrogens is 186 g/mol. The summed E-state index contributed by atoms with van der Waals surface area (Å²) in [6.07, 6.45) is -1.20. The van der Waals surface area contributed by atoms with Crippen LogP contribution in [0, 0.1) is 0 Å². The average molecular weight is 201 g/mol. The van der Waals surface area contributed by atoms with Gasteiger partial charge < -0.3 is 19.9 Å². The number of nitrogens with one attached hydrogen (secondary N) is 1. The number of hydrogen-bond donors (Lipinski definition) is 1. The summed E-state index contributed by atoms with van der Waals surface area (Å²) in [6, 6.07) is 0. The van der Waals surface area contributed by atoms with Gasteiger partial charge in [-0.3, -0.25) is 0 Å². The summed E-state index contributed by atoms with van der Waals surface area (Å²) in [5.74, 6) is 0. The van der Waals surface area contributed by atoms with Gasteiger partial charge in [0.05, 0.1) is 0 Å². The van der Waals surface area contributed by atoms with Gasteiger partial charge in [0.15, 0.2) is 0 Å². The van der Waals surface area contributed by atoms with Gasteiger partial charge in [-0.2, -0.15) is 0 Å². The number of hydrogen-bond acceptors (Lipinski definition) is 4. The number of nitrogens with zero attached hydrogens (tertiary/aromatic N) is 2. The molecule has 0 aliphatic carbocycles. The van der Waals surface area contributed by atoms with Crippen LogP contribution in [0.25, 0.3) is 0 Å². The topological polar surface area (TPSA) is 61.9 Å². The molecule has 0 saturated carbocycles. The first-order valence-corrected chi connectivity index (χ1v) is 4.50. The van der Waals surface area contributed by atoms with Crippen LogP contribution in [-0.4, -0.2) is 62.3 Å². The Morgan fingerprint density at radius 3 is 2.36 bits per heavy atom. The van der Waals surface area contributed by atoms with Gasteiger partial charge in [0.1, 0.15) is 0 Å². The lowest BCUT2D eigenvalue weighted by Crippen LogP contribution is -2.47. The minimum atomic E-state index is -0.631. The molecule has 0 bridgehead atoms. The van der Waals surface area contributed by atoms with E-state index in [4.69, 9.17) is 0 Å². The molecule has 1 aliphatic heterocycles. The van der Waals surface area contributed by atoms with E-state index in [1.807, 2.05) is 0 Å². The van der Waals surface area contributed by atoms with Crippen LogP contribution in [0.2, 0.25) is 0 Å². The molecule has 14 heavy (non-hydrogen) atoms. The summed E-state index contributed by atoms with van der Waals surface area (Å²) < 4.78 is 4.60. The summed E-state index contributed by atoms with van der Waals surface area (Å²) in [7, 11) is 3.07. The number of rotatable bonds is 0. The molecule has 0 atom stereocenters. The second kappa shape index (κ2) is 4.80. The summed E-state index contributed by atoms with van der Waals surface area (Å²) in [6.45, 7) is 2.65. The molecule has 80 valence electrons. The van der Waals surface area contributed by atoms with Crippen LogP contribution in [0.4, 0.5) is 9.59 Å². The average Bonchev–Trinajstić information content (AvgIpc) is 2.19. The first kappa shape index (κ1) is 10.8. The van der Waals surface area contributed by atoms with Crippen LogP contribution in [0.3, 0.4) is 0 Å². The fourth-order valence-corrected chi connectivity index (χ4v) is 1.08. The maximum absolute atomic E-state index is 11.3. The number of piperazine rings is 1. The van der Waals surface area contributed by atoms with Gasteiger partial charge in [-0.05, 0) is 0 Å². The van der Waals surface area contributed by atoms with E-state index in [-0.39, 0.29) is 0 Å². The van der Waals surface area contributed by atoms with Crippen molar-refractivity contribution in [2.75, 3.05) is 40.3 Å². The third-order valence-corrected chi connectivity index (χ3v) is 1.91. The molecule has 1 saturated heterocycles. The zero-order valence-electron chi connectivity index (χ0n) is 8.45. The second-order valence-corrected chi connectivity index (χ2v) is 3.27. The van der Waals surface area contributed by atoms with Crippen molar-refractivity contribution in [3.63, 3.8) is 0 Å². The van der Waals surface area contributed by atoms with E-state index in [0.29, 0.717) is 13.1 Å². The molecule has 1 fully saturated rings. The summed E-state index contributed by atoms with van der Waals surface area (Å²) in [5.41, 5.74) is 0. The molecule has 1 rings (SSSR count). The molecule has 0 aromatic carbocycles. The third kappa shape index (κ3) is 2.88. The molecule has 1 N–H and O–H groups in total. The van der Waals surface area contributed by atoms with Crippen molar-refractivity contribution in [1.29, 1.82) is 0 Å². The van der Waals surface area contributed by atoms with E-state index < -0.39 is 12.2 Å². The Morgan fingerprint density at radius 2 is 1.86 bits per heavy atom. The maximum atomic E-state index is 11.3. The zero-order valence-corrected chi connectivity index (χ0v) is 8.45. The lowest BCUT2D eigenvalue weighted by molar-refractivity contribution is 0.0997. The van der Waals surface area contributed by atoms with E-state index in [1.165, 1.54) is 23.9 Å². The monoisotopic (exact) mass is 201 g/mol. The summed E-state index contributed by atoms with van der Waals surface area (Å²) >= 11 is 0. The number of carbonyl (C=O) groups is 2. The van der Waals surface area contributed by atoms with Crippen molar-refractivity contribution >= 4 is 12.2 Å². The molecule has 0 aromatic rings. The van der Waals surface area contributed by atoms with Crippen molar-refractivity contribution < 1.29 is 14.3 Å². The molecule has 0 radical (unpaired) electrons. The Labute approximate surface area is 82.8 Å². The van der Waals surface area contributed by atoms with Gasteiger partial charge in [-0.15, -0.1) is 0 Å². The summed E-state index contributed by atoms with van der Waals surface area (Å²) in [4.78, 5) is 25.1. The molecule has 1 heterocycles. The molecule has 2 amide bonds. The molecule has 0 aromatic heterocycles. The molecule has 6 nitrogen and oxygen atoms in total. The van der Waals surface area contributed by atoms with Crippen LogP contribution in [0.1, 0.15) is 0 Å². The fourth-order valence-electron chi connectivity index (χ4n) is 1.08. The highest BCUT2D eigenvalue weighted by Gasteiger charge is 2.20. The van der Waals surface area contributed by atoms with Gasteiger partial charge >= 0.3 is 12.2 Å². The number of ether oxygens (including phenoxy) is 1. The highest BCUT2D eigenvalue weighted by Crippen LogP contribution is 1.98. The van der Waals surface area contributed by atoms with E-state index in [0.717, 1.165) is 13.1 Å². The normalized spacial score (nSPS) is 16.3. The molecular formula is C8H15N3O3. The lowest BCUT2D eigenvalue weighted by atomic mass is 10.4. The van der Waals surface area contributed by atoms with Crippen molar-refractivity contribution in [2.24, 2.45) is 0 Å². The van der Waals surface area contributed by atoms with E-state index in [1.54, 1.807) is 0 Å². The van der Waals surface area contributed by atoms with E-state index in [2.05, 4.69) is 10.1 Å². The van der Waals surface area contributed by atoms with E-state index in [9.17, 15) is 9.59 Å². The number of carbonyl (C=O) groups excluding carboxylic acids is 2. The molecule has 0 spiro atoms. The van der Waals surface area contributed by atoms with Crippen molar-refractivity contribution in [1.82, 2.24) is 15.1 Å². The first-order chi connectivity index (χ1) is 6.61. The van der Waals surface area contributed by atoms with Gasteiger partial charge in [0.2, 0.25) is 0 Å². The van der Waals surface area contributed by atoms with Gasteiger partial charge in [0.25, 0.3) is 0 Å². The van der Waals surface area contributed by atoms with Crippen molar-refractivity contribution in [3.05, 3.63) is 0 Å². The van der Waals surface area contributed by atoms with Crippen molar-refractivity contribution in [3.8, 4) is 0 Å². The second-order valence-electron chi connectivity index (χ2n) is 3.27. The number of amides is 2. The minimum absolute atomic E-state index is 0.565. The molecule has 1 aliphatic rings. The predicted molar refractivity (Wildman–Crippen MR) is 50.0 cm³/mol. The van der Waals surface area contributed by atoms with Crippen LogP contribution >= 0.6 is 0 Å². The summed E-state index contributed by atoms with van der Waals surface area (Å²) in [5, 5.41) is 3.10. The van der Waals surface area contributed by atoms with Crippen LogP contribution in [-0.2, 0) is 4.74 Å². The Morgan fingerprint density at radius 1 is 1.29 bits per heavy atom. The Hall–Kier alpha value is -1.30. The Kier molecular flexibility index (Phi) is 3.70. The van der Waals surface area contributed by atoms with Gasteiger partial charge in [-0.1, -0.05) is 0 Å². The van der Waals surface area contributed by atoms with Crippen molar-refractivity contribution in [2.45, 2.75) is 0 Å². The predicted octanol–water partition coefficient (Wildman–Crippen LogP) is -0.290. The van der Waals surface area contributed by atoms with Gasteiger partial charge in [-0.25, -0.2) is 9.59 Å². The Balaban J connectivity index is 2.37. The lowest BCUT2D eigenvalue weighted by Gasteiger charge is -2.26. The molecule has 0 unspecified atom stereocenters.